The van der Waals surface area contributed by atoms with Gasteiger partial charge in [0.1, 0.15) is 5.75 Å². The molecule has 1 aromatic rings. The minimum atomic E-state index is 0.178. The maximum absolute atomic E-state index is 10.5. The van der Waals surface area contributed by atoms with Gasteiger partial charge in [-0.3, -0.25) is 4.79 Å². The van der Waals surface area contributed by atoms with Crippen molar-refractivity contribution in [2.24, 2.45) is 5.92 Å². The Hall–Kier alpha value is -1.35. The largest absolute Gasteiger partial charge is 0.494 e. The third-order valence-electron chi connectivity index (χ3n) is 3.63. The number of hydrogen-bond donors (Lipinski definition) is 0. The SMILES string of the molecule is O=[C]C1CCN(CCCCOc2ccccc2)CC1. The van der Waals surface area contributed by atoms with Crippen LogP contribution in [0.3, 0.4) is 0 Å². The van der Waals surface area contributed by atoms with E-state index in [0.717, 1.165) is 57.7 Å². The zero-order chi connectivity index (χ0) is 13.3. The highest BCUT2D eigenvalue weighted by Gasteiger charge is 2.18. The maximum atomic E-state index is 10.5. The average molecular weight is 260 g/mol. The molecule has 0 unspecified atom stereocenters. The van der Waals surface area contributed by atoms with Crippen molar-refractivity contribution in [1.29, 1.82) is 0 Å². The van der Waals surface area contributed by atoms with Gasteiger partial charge < -0.3 is 9.64 Å². The van der Waals surface area contributed by atoms with Gasteiger partial charge in [0.05, 0.1) is 6.61 Å². The van der Waals surface area contributed by atoms with E-state index >= 15 is 0 Å². The van der Waals surface area contributed by atoms with E-state index in [9.17, 15) is 4.79 Å². The number of piperidine rings is 1. The van der Waals surface area contributed by atoms with Gasteiger partial charge in [-0.1, -0.05) is 18.2 Å². The Morgan fingerprint density at radius 3 is 2.58 bits per heavy atom. The molecule has 1 aliphatic heterocycles. The molecule has 0 atom stereocenters. The number of nitrogens with zero attached hydrogens (tertiary/aromatic N) is 1. The van der Waals surface area contributed by atoms with E-state index in [1.165, 1.54) is 0 Å². The molecule has 0 bridgehead atoms. The van der Waals surface area contributed by atoms with E-state index in [-0.39, 0.29) is 5.92 Å². The first-order valence-corrected chi connectivity index (χ1v) is 7.16. The Kier molecular flexibility index (Phi) is 5.89. The van der Waals surface area contributed by atoms with Crippen molar-refractivity contribution in [1.82, 2.24) is 4.90 Å². The monoisotopic (exact) mass is 260 g/mol. The Morgan fingerprint density at radius 1 is 1.16 bits per heavy atom. The van der Waals surface area contributed by atoms with Gasteiger partial charge in [-0.15, -0.1) is 0 Å². The van der Waals surface area contributed by atoms with Crippen LogP contribution in [0.25, 0.3) is 0 Å². The van der Waals surface area contributed by atoms with Crippen LogP contribution in [0.15, 0.2) is 30.3 Å². The van der Waals surface area contributed by atoms with Crippen LogP contribution in [0.1, 0.15) is 25.7 Å². The van der Waals surface area contributed by atoms with Gasteiger partial charge in [0.15, 0.2) is 0 Å². The van der Waals surface area contributed by atoms with Crippen LogP contribution >= 0.6 is 0 Å². The van der Waals surface area contributed by atoms with Gasteiger partial charge in [-0.05, 0) is 57.5 Å². The molecule has 1 aromatic carbocycles. The van der Waals surface area contributed by atoms with Gasteiger partial charge >= 0.3 is 0 Å². The van der Waals surface area contributed by atoms with E-state index in [2.05, 4.69) is 11.2 Å². The summed E-state index contributed by atoms with van der Waals surface area (Å²) in [5.74, 6) is 1.13. The normalized spacial score (nSPS) is 17.3. The first-order valence-electron chi connectivity index (χ1n) is 7.16. The standard InChI is InChI=1S/C16H22NO2/c18-14-15-8-11-17(12-9-15)10-4-5-13-19-16-6-2-1-3-7-16/h1-3,6-7,15H,4-5,8-13H2. The predicted molar refractivity (Wildman–Crippen MR) is 76.0 cm³/mol. The van der Waals surface area contributed by atoms with Crippen molar-refractivity contribution >= 4 is 6.29 Å². The van der Waals surface area contributed by atoms with Crippen LogP contribution in [-0.4, -0.2) is 37.4 Å². The fraction of sp³-hybridized carbons (Fsp3) is 0.562. The van der Waals surface area contributed by atoms with Crippen LogP contribution in [-0.2, 0) is 4.79 Å². The molecule has 19 heavy (non-hydrogen) atoms. The van der Waals surface area contributed by atoms with Crippen LogP contribution in [0.2, 0.25) is 0 Å². The second-order valence-corrected chi connectivity index (χ2v) is 5.10. The molecule has 1 heterocycles. The molecule has 2 rings (SSSR count). The van der Waals surface area contributed by atoms with Gasteiger partial charge in [-0.2, -0.15) is 0 Å². The highest BCUT2D eigenvalue weighted by molar-refractivity contribution is 5.54. The number of carbonyl (C=O) groups excluding carboxylic acids is 1. The molecule has 0 N–H and O–H groups in total. The van der Waals surface area contributed by atoms with Gasteiger partial charge in [0.2, 0.25) is 6.29 Å². The van der Waals surface area contributed by atoms with E-state index in [1.54, 1.807) is 0 Å². The van der Waals surface area contributed by atoms with E-state index in [4.69, 9.17) is 4.74 Å². The van der Waals surface area contributed by atoms with Crippen molar-refractivity contribution in [2.75, 3.05) is 26.2 Å². The minimum absolute atomic E-state index is 0.178. The van der Waals surface area contributed by atoms with Crippen LogP contribution in [0.4, 0.5) is 0 Å². The molecule has 0 amide bonds. The zero-order valence-corrected chi connectivity index (χ0v) is 11.4. The smallest absolute Gasteiger partial charge is 0.201 e. The van der Waals surface area contributed by atoms with E-state index in [0.29, 0.717) is 0 Å². The molecular formula is C16H22NO2. The van der Waals surface area contributed by atoms with Crippen molar-refractivity contribution in [3.63, 3.8) is 0 Å². The van der Waals surface area contributed by atoms with Crippen LogP contribution in [0.5, 0.6) is 5.75 Å². The second-order valence-electron chi connectivity index (χ2n) is 5.10. The van der Waals surface area contributed by atoms with Crippen molar-refractivity contribution in [3.8, 4) is 5.75 Å². The highest BCUT2D eigenvalue weighted by atomic mass is 16.5. The lowest BCUT2D eigenvalue weighted by Crippen LogP contribution is -2.34. The van der Waals surface area contributed by atoms with E-state index in [1.807, 2.05) is 30.3 Å². The summed E-state index contributed by atoms with van der Waals surface area (Å²) in [4.78, 5) is 13.0. The second kappa shape index (κ2) is 7.95. The number of para-hydroxylation sites is 1. The summed E-state index contributed by atoms with van der Waals surface area (Å²) in [5, 5.41) is 0. The van der Waals surface area contributed by atoms with Gasteiger partial charge in [0, 0.05) is 5.92 Å². The van der Waals surface area contributed by atoms with Crippen LogP contribution < -0.4 is 4.74 Å². The maximum Gasteiger partial charge on any atom is 0.201 e. The summed E-state index contributed by atoms with van der Waals surface area (Å²) in [6, 6.07) is 9.95. The molecule has 1 fully saturated rings. The molecule has 0 saturated carbocycles. The molecule has 0 aromatic heterocycles. The molecule has 3 heteroatoms. The molecule has 103 valence electrons. The zero-order valence-electron chi connectivity index (χ0n) is 11.4. The summed E-state index contributed by atoms with van der Waals surface area (Å²) >= 11 is 0. The lowest BCUT2D eigenvalue weighted by molar-refractivity contribution is 0.198. The highest BCUT2D eigenvalue weighted by Crippen LogP contribution is 2.15. The van der Waals surface area contributed by atoms with E-state index < -0.39 is 0 Å². The third kappa shape index (κ3) is 5.03. The van der Waals surface area contributed by atoms with Crippen molar-refractivity contribution < 1.29 is 9.53 Å². The van der Waals surface area contributed by atoms with Crippen molar-refractivity contribution in [3.05, 3.63) is 30.3 Å². The fourth-order valence-corrected chi connectivity index (χ4v) is 2.42. The Labute approximate surface area is 115 Å². The topological polar surface area (TPSA) is 29.5 Å². The number of likely N-dealkylation sites (tertiary alicyclic amines) is 1. The molecule has 3 nitrogen and oxygen atoms in total. The first-order chi connectivity index (χ1) is 9.38. The molecule has 0 spiro atoms. The Morgan fingerprint density at radius 2 is 1.89 bits per heavy atom. The number of benzene rings is 1. The summed E-state index contributed by atoms with van der Waals surface area (Å²) in [5.41, 5.74) is 0. The lowest BCUT2D eigenvalue weighted by atomic mass is 9.98. The Balaban J connectivity index is 1.52. The quantitative estimate of drug-likeness (QED) is 0.706. The minimum Gasteiger partial charge on any atom is -0.494 e. The number of hydrogen-bond acceptors (Lipinski definition) is 3. The number of rotatable bonds is 7. The number of ether oxygens (including phenoxy) is 1. The van der Waals surface area contributed by atoms with Gasteiger partial charge in [0.25, 0.3) is 0 Å². The first kappa shape index (κ1) is 14.1. The van der Waals surface area contributed by atoms with Gasteiger partial charge in [-0.25, -0.2) is 0 Å². The van der Waals surface area contributed by atoms with Crippen molar-refractivity contribution in [2.45, 2.75) is 25.7 Å². The number of unbranched alkanes of at least 4 members (excludes halogenated alkanes) is 1. The van der Waals surface area contributed by atoms with Crippen LogP contribution in [0, 0.1) is 5.92 Å². The lowest BCUT2D eigenvalue weighted by Gasteiger charge is -2.29. The predicted octanol–water partition coefficient (Wildman–Crippen LogP) is 2.67. The molecule has 1 aliphatic rings. The summed E-state index contributed by atoms with van der Waals surface area (Å²) in [6.45, 7) is 3.98. The fourth-order valence-electron chi connectivity index (χ4n) is 2.42. The molecule has 1 saturated heterocycles. The average Bonchev–Trinajstić information content (AvgIpc) is 2.49. The molecule has 1 radical (unpaired) electrons. The molecule has 0 aliphatic carbocycles. The summed E-state index contributed by atoms with van der Waals surface area (Å²) < 4.78 is 5.66. The summed E-state index contributed by atoms with van der Waals surface area (Å²) in [7, 11) is 0. The Bertz CT molecular complexity index is 358. The summed E-state index contributed by atoms with van der Waals surface area (Å²) in [6.07, 6.45) is 6.31. The molecular weight excluding hydrogens is 238 g/mol. The third-order valence-corrected chi connectivity index (χ3v) is 3.63.